The Labute approximate surface area is 133 Å². The van der Waals surface area contributed by atoms with Gasteiger partial charge in [0.1, 0.15) is 0 Å². The minimum absolute atomic E-state index is 0.0347. The first-order chi connectivity index (χ1) is 9.70. The molecule has 1 amide bonds. The summed E-state index contributed by atoms with van der Waals surface area (Å²) < 4.78 is 0. The van der Waals surface area contributed by atoms with Gasteiger partial charge in [-0.25, -0.2) is 0 Å². The van der Waals surface area contributed by atoms with Crippen molar-refractivity contribution in [1.29, 1.82) is 0 Å². The van der Waals surface area contributed by atoms with E-state index >= 15 is 0 Å². The molecule has 0 saturated heterocycles. The zero-order chi connectivity index (χ0) is 15.8. The Kier molecular flexibility index (Phi) is 4.67. The second kappa shape index (κ2) is 6.00. The second-order valence-electron chi connectivity index (χ2n) is 7.31. The van der Waals surface area contributed by atoms with Gasteiger partial charge in [0.05, 0.1) is 5.38 Å². The number of alkyl halides is 1. The maximum Gasteiger partial charge on any atom is 0.227 e. The molecule has 0 bridgehead atoms. The molecule has 0 N–H and O–H groups in total. The number of hydrogen-bond acceptors (Lipinski definition) is 1. The first-order valence-electron chi connectivity index (χ1n) is 7.73. The molecule has 1 aliphatic heterocycles. The Hall–Kier alpha value is -1.02. The van der Waals surface area contributed by atoms with Crippen LogP contribution in [0.2, 0.25) is 0 Å². The van der Waals surface area contributed by atoms with Gasteiger partial charge in [0.2, 0.25) is 5.91 Å². The summed E-state index contributed by atoms with van der Waals surface area (Å²) in [6.07, 6.45) is 2.39. The number of amides is 1. The Morgan fingerprint density at radius 2 is 1.95 bits per heavy atom. The third-order valence-corrected chi connectivity index (χ3v) is 5.28. The Morgan fingerprint density at radius 1 is 1.29 bits per heavy atom. The predicted octanol–water partition coefficient (Wildman–Crippen LogP) is 4.95. The topological polar surface area (TPSA) is 20.3 Å². The normalized spacial score (nSPS) is 18.4. The average Bonchev–Trinajstić information content (AvgIpc) is 2.41. The van der Waals surface area contributed by atoms with Crippen molar-refractivity contribution in [2.45, 2.75) is 52.3 Å². The van der Waals surface area contributed by atoms with E-state index in [1.54, 1.807) is 4.90 Å². The van der Waals surface area contributed by atoms with Gasteiger partial charge >= 0.3 is 0 Å². The van der Waals surface area contributed by atoms with E-state index in [9.17, 15) is 4.79 Å². The molecule has 1 heterocycles. The van der Waals surface area contributed by atoms with Crippen molar-refractivity contribution >= 4 is 23.2 Å². The summed E-state index contributed by atoms with van der Waals surface area (Å²) in [6.45, 7) is 9.04. The minimum Gasteiger partial charge on any atom is -0.315 e. The molecule has 2 atom stereocenters. The van der Waals surface area contributed by atoms with E-state index in [2.05, 4.69) is 39.8 Å². The third-order valence-electron chi connectivity index (χ3n) is 4.85. The molecule has 1 aliphatic rings. The van der Waals surface area contributed by atoms with Gasteiger partial charge in [-0.05, 0) is 41.4 Å². The molecule has 3 heteroatoms. The number of anilines is 1. The van der Waals surface area contributed by atoms with E-state index in [4.69, 9.17) is 11.6 Å². The summed E-state index contributed by atoms with van der Waals surface area (Å²) in [4.78, 5) is 13.5. The molecule has 0 aliphatic carbocycles. The number of rotatable bonds is 3. The number of benzene rings is 1. The maximum atomic E-state index is 11.7. The van der Waals surface area contributed by atoms with Crippen LogP contribution in [0.3, 0.4) is 0 Å². The molecular weight excluding hydrogens is 282 g/mol. The van der Waals surface area contributed by atoms with Crippen molar-refractivity contribution < 1.29 is 4.79 Å². The quantitative estimate of drug-likeness (QED) is 0.724. The minimum atomic E-state index is 0.0347. The van der Waals surface area contributed by atoms with Crippen LogP contribution in [0.5, 0.6) is 0 Å². The van der Waals surface area contributed by atoms with Gasteiger partial charge < -0.3 is 4.90 Å². The van der Waals surface area contributed by atoms with Gasteiger partial charge in [-0.2, -0.15) is 0 Å². The summed E-state index contributed by atoms with van der Waals surface area (Å²) in [6, 6.07) is 6.30. The molecule has 0 saturated carbocycles. The van der Waals surface area contributed by atoms with Crippen LogP contribution in [-0.2, 0) is 11.2 Å². The molecule has 0 spiro atoms. The number of carbonyl (C=O) groups is 1. The van der Waals surface area contributed by atoms with Crippen molar-refractivity contribution in [1.82, 2.24) is 0 Å². The van der Waals surface area contributed by atoms with Crippen LogP contribution in [0, 0.1) is 11.3 Å². The molecule has 21 heavy (non-hydrogen) atoms. The number of fused-ring (bicyclic) bond motifs is 1. The lowest BCUT2D eigenvalue weighted by atomic mass is 9.78. The Morgan fingerprint density at radius 3 is 2.57 bits per heavy atom. The van der Waals surface area contributed by atoms with Gasteiger partial charge in [0, 0.05) is 19.2 Å². The molecule has 2 nitrogen and oxygen atoms in total. The Bertz CT molecular complexity index is 533. The number of carbonyl (C=O) groups excluding carboxylic acids is 1. The standard InChI is InChI=1S/C18H26ClNO/c1-12(18(2,3)4)10-15(19)13-6-8-16-14(11-13)7-9-17(21)20(16)5/h6,8,11-12,15H,7,9-10H2,1-5H3. The van der Waals surface area contributed by atoms with Crippen molar-refractivity contribution in [3.05, 3.63) is 29.3 Å². The van der Waals surface area contributed by atoms with Crippen molar-refractivity contribution in [2.75, 3.05) is 11.9 Å². The van der Waals surface area contributed by atoms with E-state index in [1.807, 2.05) is 13.1 Å². The van der Waals surface area contributed by atoms with Gasteiger partial charge in [-0.1, -0.05) is 39.8 Å². The van der Waals surface area contributed by atoms with Crippen LogP contribution >= 0.6 is 11.6 Å². The van der Waals surface area contributed by atoms with E-state index in [0.717, 1.165) is 18.5 Å². The van der Waals surface area contributed by atoms with Crippen LogP contribution in [-0.4, -0.2) is 13.0 Å². The first kappa shape index (κ1) is 16.4. The molecule has 2 unspecified atom stereocenters. The molecule has 1 aromatic carbocycles. The highest BCUT2D eigenvalue weighted by atomic mass is 35.5. The van der Waals surface area contributed by atoms with E-state index < -0.39 is 0 Å². The van der Waals surface area contributed by atoms with Crippen molar-refractivity contribution in [3.8, 4) is 0 Å². The summed E-state index contributed by atoms with van der Waals surface area (Å²) >= 11 is 6.63. The molecule has 2 rings (SSSR count). The van der Waals surface area contributed by atoms with Gasteiger partial charge in [0.25, 0.3) is 0 Å². The van der Waals surface area contributed by atoms with E-state index in [0.29, 0.717) is 12.3 Å². The summed E-state index contributed by atoms with van der Waals surface area (Å²) in [5.41, 5.74) is 3.72. The smallest absolute Gasteiger partial charge is 0.227 e. The van der Waals surface area contributed by atoms with Crippen LogP contribution in [0.15, 0.2) is 18.2 Å². The van der Waals surface area contributed by atoms with E-state index in [1.165, 1.54) is 11.1 Å². The lowest BCUT2D eigenvalue weighted by Crippen LogP contribution is -2.31. The third kappa shape index (κ3) is 3.60. The van der Waals surface area contributed by atoms with E-state index in [-0.39, 0.29) is 16.7 Å². The zero-order valence-corrected chi connectivity index (χ0v) is 14.5. The molecule has 0 fully saturated rings. The predicted molar refractivity (Wildman–Crippen MR) is 90.0 cm³/mol. The average molecular weight is 308 g/mol. The van der Waals surface area contributed by atoms with Crippen molar-refractivity contribution in [2.24, 2.45) is 11.3 Å². The fraction of sp³-hybridized carbons (Fsp3) is 0.611. The molecule has 116 valence electrons. The SMILES string of the molecule is CC(CC(Cl)c1ccc2c(c1)CCC(=O)N2C)C(C)(C)C. The Balaban J connectivity index is 2.17. The van der Waals surface area contributed by atoms with Crippen LogP contribution < -0.4 is 4.90 Å². The van der Waals surface area contributed by atoms with Gasteiger partial charge in [0.15, 0.2) is 0 Å². The highest BCUT2D eigenvalue weighted by Crippen LogP contribution is 2.38. The summed E-state index contributed by atoms with van der Waals surface area (Å²) in [5, 5.41) is 0.0347. The number of halogens is 1. The van der Waals surface area contributed by atoms with Crippen LogP contribution in [0.25, 0.3) is 0 Å². The lowest BCUT2D eigenvalue weighted by molar-refractivity contribution is -0.118. The summed E-state index contributed by atoms with van der Waals surface area (Å²) in [5.74, 6) is 0.749. The van der Waals surface area contributed by atoms with Crippen LogP contribution in [0.4, 0.5) is 5.69 Å². The largest absolute Gasteiger partial charge is 0.315 e. The fourth-order valence-electron chi connectivity index (χ4n) is 2.67. The fourth-order valence-corrected chi connectivity index (χ4v) is 3.07. The highest BCUT2D eigenvalue weighted by Gasteiger charge is 2.25. The van der Waals surface area contributed by atoms with Gasteiger partial charge in [-0.15, -0.1) is 11.6 Å². The molecular formula is C18H26ClNO. The monoisotopic (exact) mass is 307 g/mol. The maximum absolute atomic E-state index is 11.7. The van der Waals surface area contributed by atoms with Gasteiger partial charge in [-0.3, -0.25) is 4.79 Å². The van der Waals surface area contributed by atoms with Crippen molar-refractivity contribution in [3.63, 3.8) is 0 Å². The second-order valence-corrected chi connectivity index (χ2v) is 7.84. The lowest BCUT2D eigenvalue weighted by Gasteiger charge is -2.30. The van der Waals surface area contributed by atoms with Crippen LogP contribution in [0.1, 0.15) is 57.0 Å². The highest BCUT2D eigenvalue weighted by molar-refractivity contribution is 6.20. The molecule has 0 radical (unpaired) electrons. The number of hydrogen-bond donors (Lipinski definition) is 0. The zero-order valence-electron chi connectivity index (χ0n) is 13.7. The number of nitrogens with zero attached hydrogens (tertiary/aromatic N) is 1. The molecule has 0 aromatic heterocycles. The molecule has 1 aromatic rings. The first-order valence-corrected chi connectivity index (χ1v) is 8.17. The number of aryl methyl sites for hydroxylation is 1. The summed E-state index contributed by atoms with van der Waals surface area (Å²) in [7, 11) is 1.85.